The van der Waals surface area contributed by atoms with Crippen LogP contribution < -0.4 is 15.8 Å². The number of nitrogens with zero attached hydrogens (tertiary/aromatic N) is 3. The van der Waals surface area contributed by atoms with E-state index in [0.29, 0.717) is 17.6 Å². The molecular formula is C12H19BrN4O3. The zero-order valence-corrected chi connectivity index (χ0v) is 13.0. The lowest BCUT2D eigenvalue weighted by molar-refractivity contribution is 0.0340. The number of aromatic nitrogens is 2. The molecule has 8 heteroatoms. The Bertz CT molecular complexity index is 502. The Kier molecular flexibility index (Phi) is 5.53. The van der Waals surface area contributed by atoms with Crippen molar-refractivity contribution in [3.63, 3.8) is 0 Å². The number of nitrogens with one attached hydrogen (secondary N) is 1. The maximum absolute atomic E-state index is 12.0. The second kappa shape index (κ2) is 7.16. The number of halogens is 1. The summed E-state index contributed by atoms with van der Waals surface area (Å²) in [5, 5.41) is 16.2. The Morgan fingerprint density at radius 1 is 1.70 bits per heavy atom. The van der Waals surface area contributed by atoms with E-state index in [-0.39, 0.29) is 24.8 Å². The number of aliphatic hydroxyl groups excluding tert-OH is 1. The number of morpholine rings is 1. The fraction of sp³-hybridized carbons (Fsp3) is 0.667. The molecule has 0 aliphatic carbocycles. The smallest absolute Gasteiger partial charge is 0.283 e. The lowest BCUT2D eigenvalue weighted by Crippen LogP contribution is -2.44. The second-order valence-electron chi connectivity index (χ2n) is 4.67. The molecule has 7 nitrogen and oxygen atoms in total. The number of hydrogen-bond acceptors (Lipinski definition) is 6. The first-order chi connectivity index (χ1) is 9.63. The van der Waals surface area contributed by atoms with Gasteiger partial charge in [0.05, 0.1) is 37.7 Å². The molecule has 0 aromatic carbocycles. The van der Waals surface area contributed by atoms with Crippen molar-refractivity contribution in [2.24, 2.45) is 0 Å². The van der Waals surface area contributed by atoms with E-state index in [1.807, 2.05) is 11.9 Å². The van der Waals surface area contributed by atoms with Gasteiger partial charge in [-0.05, 0) is 15.9 Å². The molecule has 0 spiro atoms. The largest absolute Gasteiger partial charge is 0.394 e. The highest BCUT2D eigenvalue weighted by atomic mass is 79.9. The molecule has 1 saturated heterocycles. The minimum absolute atomic E-state index is 0.0977. The molecule has 2 heterocycles. The van der Waals surface area contributed by atoms with Crippen LogP contribution in [-0.2, 0) is 11.3 Å². The van der Waals surface area contributed by atoms with Crippen molar-refractivity contribution in [3.05, 3.63) is 21.0 Å². The van der Waals surface area contributed by atoms with Crippen LogP contribution in [0.2, 0.25) is 0 Å². The van der Waals surface area contributed by atoms with E-state index in [9.17, 15) is 4.79 Å². The van der Waals surface area contributed by atoms with Crippen LogP contribution in [0.4, 0.5) is 5.69 Å². The van der Waals surface area contributed by atoms with E-state index in [1.54, 1.807) is 6.20 Å². The third-order valence-corrected chi connectivity index (χ3v) is 3.92. The molecule has 1 fully saturated rings. The van der Waals surface area contributed by atoms with Crippen molar-refractivity contribution >= 4 is 21.6 Å². The number of likely N-dealkylation sites (N-methyl/N-ethyl adjacent to an activating group) is 1. The fourth-order valence-corrected chi connectivity index (χ4v) is 2.73. The number of hydrogen-bond donors (Lipinski definition) is 2. The van der Waals surface area contributed by atoms with Gasteiger partial charge in [-0.15, -0.1) is 0 Å². The molecule has 20 heavy (non-hydrogen) atoms. The monoisotopic (exact) mass is 346 g/mol. The number of anilines is 1. The van der Waals surface area contributed by atoms with E-state index in [2.05, 4.69) is 26.3 Å². The molecule has 1 unspecified atom stereocenters. The summed E-state index contributed by atoms with van der Waals surface area (Å²) in [7, 11) is 1.90. The van der Waals surface area contributed by atoms with Crippen molar-refractivity contribution in [2.45, 2.75) is 12.6 Å². The Hall–Kier alpha value is -0.960. The molecule has 0 bridgehead atoms. The molecule has 1 aliphatic heterocycles. The number of aliphatic hydroxyl groups is 1. The Balaban J connectivity index is 2.11. The lowest BCUT2D eigenvalue weighted by Gasteiger charge is -2.29. The molecule has 1 aromatic heterocycles. The minimum atomic E-state index is -0.244. The van der Waals surface area contributed by atoms with Crippen LogP contribution in [0.1, 0.15) is 0 Å². The fourth-order valence-electron chi connectivity index (χ4n) is 2.12. The van der Waals surface area contributed by atoms with Crippen LogP contribution in [0.3, 0.4) is 0 Å². The summed E-state index contributed by atoms with van der Waals surface area (Å²) in [6.45, 7) is 3.14. The number of ether oxygens (including phenoxy) is 1. The van der Waals surface area contributed by atoms with E-state index in [4.69, 9.17) is 9.84 Å². The molecular weight excluding hydrogens is 328 g/mol. The normalized spacial score (nSPS) is 19.1. The summed E-state index contributed by atoms with van der Waals surface area (Å²) >= 11 is 3.31. The summed E-state index contributed by atoms with van der Waals surface area (Å²) in [6, 6.07) is 0. The van der Waals surface area contributed by atoms with Crippen LogP contribution in [-0.4, -0.2) is 60.9 Å². The van der Waals surface area contributed by atoms with E-state index < -0.39 is 0 Å². The summed E-state index contributed by atoms with van der Waals surface area (Å²) in [5.74, 6) is 0. The van der Waals surface area contributed by atoms with E-state index in [1.165, 1.54) is 4.68 Å². The van der Waals surface area contributed by atoms with Gasteiger partial charge in [0.25, 0.3) is 5.56 Å². The third kappa shape index (κ3) is 3.57. The van der Waals surface area contributed by atoms with Crippen LogP contribution in [0.15, 0.2) is 15.5 Å². The molecule has 0 radical (unpaired) electrons. The third-order valence-electron chi connectivity index (χ3n) is 3.17. The molecule has 112 valence electrons. The molecule has 0 saturated carbocycles. The van der Waals surface area contributed by atoms with Gasteiger partial charge in [-0.1, -0.05) is 0 Å². The first kappa shape index (κ1) is 15.4. The van der Waals surface area contributed by atoms with Gasteiger partial charge in [-0.3, -0.25) is 4.79 Å². The van der Waals surface area contributed by atoms with Crippen LogP contribution >= 0.6 is 15.9 Å². The molecule has 1 aliphatic rings. The van der Waals surface area contributed by atoms with Crippen molar-refractivity contribution < 1.29 is 9.84 Å². The molecule has 0 amide bonds. The molecule has 2 N–H and O–H groups in total. The van der Waals surface area contributed by atoms with Crippen molar-refractivity contribution in [3.8, 4) is 0 Å². The average Bonchev–Trinajstić information content (AvgIpc) is 2.45. The predicted octanol–water partition coefficient (Wildman–Crippen LogP) is -0.577. The highest BCUT2D eigenvalue weighted by molar-refractivity contribution is 9.10. The first-order valence-corrected chi connectivity index (χ1v) is 7.32. The number of rotatable bonds is 5. The topological polar surface area (TPSA) is 79.6 Å². The van der Waals surface area contributed by atoms with Crippen LogP contribution in [0.25, 0.3) is 0 Å². The lowest BCUT2D eigenvalue weighted by atomic mass is 10.2. The van der Waals surface area contributed by atoms with Crippen molar-refractivity contribution in [2.75, 3.05) is 44.8 Å². The van der Waals surface area contributed by atoms with Gasteiger partial charge in [0, 0.05) is 26.7 Å². The average molecular weight is 347 g/mol. The van der Waals surface area contributed by atoms with Crippen LogP contribution in [0, 0.1) is 0 Å². The van der Waals surface area contributed by atoms with E-state index >= 15 is 0 Å². The Morgan fingerprint density at radius 2 is 2.50 bits per heavy atom. The van der Waals surface area contributed by atoms with Crippen molar-refractivity contribution in [1.29, 1.82) is 0 Å². The van der Waals surface area contributed by atoms with Gasteiger partial charge in [0.1, 0.15) is 4.47 Å². The van der Waals surface area contributed by atoms with Gasteiger partial charge < -0.3 is 20.1 Å². The van der Waals surface area contributed by atoms with Gasteiger partial charge in [-0.25, -0.2) is 4.68 Å². The predicted molar refractivity (Wildman–Crippen MR) is 79.2 cm³/mol. The van der Waals surface area contributed by atoms with Gasteiger partial charge in [0.15, 0.2) is 0 Å². The summed E-state index contributed by atoms with van der Waals surface area (Å²) in [6.07, 6.45) is 1.72. The first-order valence-electron chi connectivity index (χ1n) is 6.53. The summed E-state index contributed by atoms with van der Waals surface area (Å²) in [4.78, 5) is 14.0. The molecule has 1 atom stereocenters. The van der Waals surface area contributed by atoms with Gasteiger partial charge in [0.2, 0.25) is 0 Å². The van der Waals surface area contributed by atoms with Crippen molar-refractivity contribution in [1.82, 2.24) is 15.1 Å². The van der Waals surface area contributed by atoms with E-state index in [0.717, 1.165) is 18.8 Å². The molecule has 1 aromatic rings. The zero-order chi connectivity index (χ0) is 14.5. The zero-order valence-electron chi connectivity index (χ0n) is 11.4. The highest BCUT2D eigenvalue weighted by Gasteiger charge is 2.18. The second-order valence-corrected chi connectivity index (χ2v) is 5.47. The SMILES string of the molecule is CN(CC1CNCCO1)c1cnn(CCO)c(=O)c1Br. The molecule has 2 rings (SSSR count). The van der Waals surface area contributed by atoms with Crippen LogP contribution in [0.5, 0.6) is 0 Å². The minimum Gasteiger partial charge on any atom is -0.394 e. The Morgan fingerprint density at radius 3 is 3.15 bits per heavy atom. The Labute approximate surface area is 125 Å². The standard InChI is InChI=1S/C12H19BrN4O3/c1-16(8-9-6-14-2-5-20-9)10-7-15-17(3-4-18)12(19)11(10)13/h7,9,14,18H,2-6,8H2,1H3. The maximum atomic E-state index is 12.0. The highest BCUT2D eigenvalue weighted by Crippen LogP contribution is 2.20. The summed E-state index contributed by atoms with van der Waals surface area (Å²) in [5.41, 5.74) is 0.476. The maximum Gasteiger partial charge on any atom is 0.283 e. The summed E-state index contributed by atoms with van der Waals surface area (Å²) < 4.78 is 7.33. The van der Waals surface area contributed by atoms with Gasteiger partial charge in [-0.2, -0.15) is 5.10 Å². The van der Waals surface area contributed by atoms with Gasteiger partial charge >= 0.3 is 0 Å². The quantitative estimate of drug-likeness (QED) is 0.742.